The highest BCUT2D eigenvalue weighted by atomic mass is 16.2. The van der Waals surface area contributed by atoms with Gasteiger partial charge in [0, 0.05) is 19.3 Å². The van der Waals surface area contributed by atoms with E-state index in [4.69, 9.17) is 5.26 Å². The third-order valence-electron chi connectivity index (χ3n) is 2.23. The molecule has 0 fully saturated rings. The summed E-state index contributed by atoms with van der Waals surface area (Å²) in [6, 6.07) is 1.81. The van der Waals surface area contributed by atoms with Crippen LogP contribution in [0.5, 0.6) is 0 Å². The maximum Gasteiger partial charge on any atom is 0.330 e. The van der Waals surface area contributed by atoms with Crippen molar-refractivity contribution >= 4 is 0 Å². The summed E-state index contributed by atoms with van der Waals surface area (Å²) >= 11 is 0. The zero-order valence-corrected chi connectivity index (χ0v) is 8.37. The molecule has 0 atom stereocenters. The van der Waals surface area contributed by atoms with Gasteiger partial charge in [0.15, 0.2) is 0 Å². The van der Waals surface area contributed by atoms with E-state index in [1.54, 1.807) is 13.8 Å². The van der Waals surface area contributed by atoms with Crippen LogP contribution >= 0.6 is 0 Å². The lowest BCUT2D eigenvalue weighted by Crippen LogP contribution is -2.40. The zero-order valence-electron chi connectivity index (χ0n) is 8.37. The molecule has 0 aliphatic heterocycles. The van der Waals surface area contributed by atoms with Gasteiger partial charge in [0.25, 0.3) is 5.56 Å². The van der Waals surface area contributed by atoms with Gasteiger partial charge in [0.1, 0.15) is 11.6 Å². The van der Waals surface area contributed by atoms with Crippen molar-refractivity contribution in [1.29, 1.82) is 5.26 Å². The molecule has 1 heterocycles. The fraction of sp³-hybridized carbons (Fsp3) is 0.444. The summed E-state index contributed by atoms with van der Waals surface area (Å²) in [4.78, 5) is 23.0. The van der Waals surface area contributed by atoms with Crippen LogP contribution in [-0.4, -0.2) is 9.13 Å². The molecule has 0 radical (unpaired) electrons. The van der Waals surface area contributed by atoms with Crippen molar-refractivity contribution < 1.29 is 0 Å². The average Bonchev–Trinajstić information content (AvgIpc) is 2.16. The fourth-order valence-electron chi connectivity index (χ4n) is 1.37. The Morgan fingerprint density at radius 2 is 2.00 bits per heavy atom. The maximum absolute atomic E-state index is 11.5. The Bertz CT molecular complexity index is 517. The molecule has 0 unspecified atom stereocenters. The van der Waals surface area contributed by atoms with E-state index in [9.17, 15) is 9.59 Å². The highest BCUT2D eigenvalue weighted by Crippen LogP contribution is 1.97. The molecule has 0 bridgehead atoms. The van der Waals surface area contributed by atoms with Crippen LogP contribution in [0, 0.1) is 18.3 Å². The summed E-state index contributed by atoms with van der Waals surface area (Å²) in [5.41, 5.74) is -0.439. The number of rotatable bonds is 1. The molecule has 14 heavy (non-hydrogen) atoms. The normalized spacial score (nSPS) is 9.86. The second-order valence-corrected chi connectivity index (χ2v) is 2.96. The predicted octanol–water partition coefficient (Wildman–Crippen LogP) is -0.253. The quantitative estimate of drug-likeness (QED) is 0.617. The lowest BCUT2D eigenvalue weighted by Gasteiger charge is -2.09. The molecule has 0 saturated carbocycles. The van der Waals surface area contributed by atoms with Crippen LogP contribution in [0.15, 0.2) is 9.59 Å². The number of nitriles is 1. The molecule has 74 valence electrons. The minimum Gasteiger partial charge on any atom is -0.297 e. The van der Waals surface area contributed by atoms with Crippen molar-refractivity contribution in [3.8, 4) is 6.07 Å². The summed E-state index contributed by atoms with van der Waals surface area (Å²) in [5.74, 6) is 0. The molecule has 1 aromatic rings. The van der Waals surface area contributed by atoms with Gasteiger partial charge in [-0.3, -0.25) is 13.9 Å². The van der Waals surface area contributed by atoms with E-state index in [2.05, 4.69) is 0 Å². The van der Waals surface area contributed by atoms with Gasteiger partial charge in [-0.1, -0.05) is 0 Å². The molecule has 0 saturated heterocycles. The largest absolute Gasteiger partial charge is 0.330 e. The maximum atomic E-state index is 11.5. The molecule has 0 aliphatic rings. The van der Waals surface area contributed by atoms with E-state index in [0.717, 1.165) is 4.57 Å². The van der Waals surface area contributed by atoms with Gasteiger partial charge in [-0.15, -0.1) is 0 Å². The number of hydrogen-bond acceptors (Lipinski definition) is 3. The van der Waals surface area contributed by atoms with Gasteiger partial charge >= 0.3 is 5.69 Å². The third-order valence-corrected chi connectivity index (χ3v) is 2.23. The molecule has 0 aromatic carbocycles. The number of nitrogens with zero attached hydrogens (tertiary/aromatic N) is 3. The minimum atomic E-state index is -0.528. The van der Waals surface area contributed by atoms with Crippen LogP contribution in [0.1, 0.15) is 18.2 Å². The van der Waals surface area contributed by atoms with Gasteiger partial charge in [0.05, 0.1) is 0 Å². The van der Waals surface area contributed by atoms with E-state index in [1.807, 2.05) is 6.07 Å². The first kappa shape index (κ1) is 10.3. The summed E-state index contributed by atoms with van der Waals surface area (Å²) in [6.45, 7) is 3.85. The molecule has 0 aliphatic carbocycles. The Morgan fingerprint density at radius 3 is 2.43 bits per heavy atom. The van der Waals surface area contributed by atoms with Gasteiger partial charge in [-0.2, -0.15) is 5.26 Å². The molecular formula is C9H11N3O2. The Kier molecular flexibility index (Phi) is 2.56. The monoisotopic (exact) mass is 193 g/mol. The first-order valence-electron chi connectivity index (χ1n) is 4.25. The van der Waals surface area contributed by atoms with Crippen molar-refractivity contribution in [2.75, 3.05) is 0 Å². The summed E-state index contributed by atoms with van der Waals surface area (Å²) < 4.78 is 2.36. The van der Waals surface area contributed by atoms with Crippen molar-refractivity contribution in [2.24, 2.45) is 7.05 Å². The van der Waals surface area contributed by atoms with Crippen LogP contribution in [0.2, 0.25) is 0 Å². The van der Waals surface area contributed by atoms with E-state index < -0.39 is 5.56 Å². The second-order valence-electron chi connectivity index (χ2n) is 2.96. The van der Waals surface area contributed by atoms with Gasteiger partial charge in [0.2, 0.25) is 0 Å². The molecule has 5 nitrogen and oxygen atoms in total. The number of aromatic nitrogens is 2. The first-order valence-corrected chi connectivity index (χ1v) is 4.25. The van der Waals surface area contributed by atoms with Gasteiger partial charge < -0.3 is 0 Å². The van der Waals surface area contributed by atoms with Crippen LogP contribution in [0.3, 0.4) is 0 Å². The Morgan fingerprint density at radius 1 is 1.43 bits per heavy atom. The van der Waals surface area contributed by atoms with E-state index >= 15 is 0 Å². The first-order chi connectivity index (χ1) is 6.54. The van der Waals surface area contributed by atoms with E-state index in [1.165, 1.54) is 11.6 Å². The van der Waals surface area contributed by atoms with Crippen LogP contribution in [-0.2, 0) is 13.6 Å². The molecule has 0 amide bonds. The average molecular weight is 193 g/mol. The fourth-order valence-corrected chi connectivity index (χ4v) is 1.37. The van der Waals surface area contributed by atoms with Crippen molar-refractivity contribution in [3.63, 3.8) is 0 Å². The second kappa shape index (κ2) is 3.50. The standard InChI is InChI=1S/C9H11N3O2/c1-4-12-6(2)7(5-10)8(13)11(3)9(12)14/h4H2,1-3H3. The Hall–Kier alpha value is -1.83. The Balaban J connectivity index is 3.86. The van der Waals surface area contributed by atoms with E-state index in [-0.39, 0.29) is 11.3 Å². The lowest BCUT2D eigenvalue weighted by molar-refractivity contribution is 0.608. The molecular weight excluding hydrogens is 182 g/mol. The minimum absolute atomic E-state index is 0.0361. The predicted molar refractivity (Wildman–Crippen MR) is 51.1 cm³/mol. The highest BCUT2D eigenvalue weighted by Gasteiger charge is 2.12. The third kappa shape index (κ3) is 1.25. The molecule has 5 heteroatoms. The van der Waals surface area contributed by atoms with Crippen molar-refractivity contribution in [3.05, 3.63) is 32.1 Å². The molecule has 0 spiro atoms. The number of hydrogen-bond donors (Lipinski definition) is 0. The van der Waals surface area contributed by atoms with Crippen molar-refractivity contribution in [2.45, 2.75) is 20.4 Å². The molecule has 1 aromatic heterocycles. The van der Waals surface area contributed by atoms with Gasteiger partial charge in [-0.25, -0.2) is 4.79 Å². The van der Waals surface area contributed by atoms with Gasteiger partial charge in [-0.05, 0) is 13.8 Å². The topological polar surface area (TPSA) is 67.8 Å². The summed E-state index contributed by atoms with van der Waals surface area (Å²) in [5, 5.41) is 8.76. The lowest BCUT2D eigenvalue weighted by atomic mass is 10.2. The smallest absolute Gasteiger partial charge is 0.297 e. The van der Waals surface area contributed by atoms with Crippen LogP contribution < -0.4 is 11.2 Å². The highest BCUT2D eigenvalue weighted by molar-refractivity contribution is 5.30. The van der Waals surface area contributed by atoms with Crippen molar-refractivity contribution in [1.82, 2.24) is 9.13 Å². The Labute approximate surface area is 80.8 Å². The summed E-state index contributed by atoms with van der Waals surface area (Å²) in [6.07, 6.45) is 0. The molecule has 1 rings (SSSR count). The zero-order chi connectivity index (χ0) is 10.9. The van der Waals surface area contributed by atoms with E-state index in [0.29, 0.717) is 12.2 Å². The SMILES string of the molecule is CCn1c(C)c(C#N)c(=O)n(C)c1=O. The molecule has 0 N–H and O–H groups in total. The summed E-state index contributed by atoms with van der Waals surface area (Å²) in [7, 11) is 1.37. The van der Waals surface area contributed by atoms with Crippen LogP contribution in [0.25, 0.3) is 0 Å². The van der Waals surface area contributed by atoms with Crippen LogP contribution in [0.4, 0.5) is 0 Å².